The maximum Gasteiger partial charge on any atom is 0.291 e. The Morgan fingerprint density at radius 1 is 0.879 bits per heavy atom. The van der Waals surface area contributed by atoms with Crippen molar-refractivity contribution in [2.24, 2.45) is 0 Å². The molecule has 0 radical (unpaired) electrons. The van der Waals surface area contributed by atoms with Gasteiger partial charge in [0, 0.05) is 22.3 Å². The first kappa shape index (κ1) is 22.4. The molecule has 33 heavy (non-hydrogen) atoms. The van der Waals surface area contributed by atoms with Crippen LogP contribution in [0.3, 0.4) is 0 Å². The van der Waals surface area contributed by atoms with Crippen molar-refractivity contribution in [1.29, 1.82) is 0 Å². The van der Waals surface area contributed by atoms with Gasteiger partial charge in [0.25, 0.3) is 17.4 Å². The van der Waals surface area contributed by atoms with Crippen molar-refractivity contribution in [3.8, 4) is 0 Å². The molecule has 0 bridgehead atoms. The smallest absolute Gasteiger partial charge is 0.291 e. The number of hydrogen-bond donors (Lipinski definition) is 2. The molecular weight excluding hydrogens is 465 g/mol. The predicted molar refractivity (Wildman–Crippen MR) is 127 cm³/mol. The van der Waals surface area contributed by atoms with E-state index in [-0.39, 0.29) is 23.4 Å². The molecule has 166 valence electrons. The van der Waals surface area contributed by atoms with Gasteiger partial charge < -0.3 is 19.6 Å². The number of anilines is 2. The van der Waals surface area contributed by atoms with E-state index in [1.807, 2.05) is 12.1 Å². The van der Waals surface area contributed by atoms with Gasteiger partial charge in [0.1, 0.15) is 0 Å². The highest BCUT2D eigenvalue weighted by Gasteiger charge is 2.15. The number of nitrogens with one attached hydrogen (secondary N) is 2. The fourth-order valence-electron chi connectivity index (χ4n) is 3.11. The molecule has 2 aromatic heterocycles. The Hall–Kier alpha value is -3.81. The van der Waals surface area contributed by atoms with E-state index < -0.39 is 11.8 Å². The molecule has 9 heteroatoms. The summed E-state index contributed by atoms with van der Waals surface area (Å²) in [6.45, 7) is 0.213. The van der Waals surface area contributed by atoms with Crippen LogP contribution in [0.5, 0.6) is 0 Å². The molecule has 0 aliphatic carbocycles. The Morgan fingerprint density at radius 2 is 1.67 bits per heavy atom. The number of carbonyl (C=O) groups excluding carboxylic acids is 2. The van der Waals surface area contributed by atoms with E-state index in [1.54, 1.807) is 30.3 Å². The predicted octanol–water partition coefficient (Wildman–Crippen LogP) is 5.30. The highest BCUT2D eigenvalue weighted by molar-refractivity contribution is 6.31. The number of pyridine rings is 1. The van der Waals surface area contributed by atoms with E-state index in [2.05, 4.69) is 10.6 Å². The largest absolute Gasteiger partial charge is 0.459 e. The van der Waals surface area contributed by atoms with Crippen LogP contribution in [0.4, 0.5) is 11.4 Å². The van der Waals surface area contributed by atoms with Crippen molar-refractivity contribution in [2.45, 2.75) is 6.54 Å². The lowest BCUT2D eigenvalue weighted by molar-refractivity contribution is 0.0993. The fourth-order valence-corrected chi connectivity index (χ4v) is 3.48. The van der Waals surface area contributed by atoms with Crippen molar-refractivity contribution in [3.05, 3.63) is 116 Å². The van der Waals surface area contributed by atoms with Crippen LogP contribution in [0.15, 0.2) is 88.4 Å². The van der Waals surface area contributed by atoms with Gasteiger partial charge in [0.05, 0.1) is 29.7 Å². The molecule has 0 aliphatic heterocycles. The monoisotopic (exact) mass is 481 g/mol. The molecule has 2 amide bonds. The molecule has 4 rings (SSSR count). The lowest BCUT2D eigenvalue weighted by Crippen LogP contribution is -2.23. The normalized spacial score (nSPS) is 10.6. The number of carbonyl (C=O) groups is 2. The topological polar surface area (TPSA) is 93.3 Å². The highest BCUT2D eigenvalue weighted by atomic mass is 35.5. The summed E-state index contributed by atoms with van der Waals surface area (Å²) >= 11 is 12.3. The minimum atomic E-state index is -0.494. The Kier molecular flexibility index (Phi) is 6.63. The highest BCUT2D eigenvalue weighted by Crippen LogP contribution is 2.27. The van der Waals surface area contributed by atoms with Gasteiger partial charge in [-0.25, -0.2) is 0 Å². The van der Waals surface area contributed by atoms with E-state index in [0.29, 0.717) is 21.4 Å². The van der Waals surface area contributed by atoms with Crippen molar-refractivity contribution < 1.29 is 14.0 Å². The minimum Gasteiger partial charge on any atom is -0.459 e. The van der Waals surface area contributed by atoms with Gasteiger partial charge in [-0.1, -0.05) is 41.4 Å². The zero-order valence-corrected chi connectivity index (χ0v) is 18.6. The minimum absolute atomic E-state index is 0.110. The van der Waals surface area contributed by atoms with Crippen LogP contribution in [-0.4, -0.2) is 16.4 Å². The van der Waals surface area contributed by atoms with Crippen molar-refractivity contribution in [2.75, 3.05) is 10.6 Å². The zero-order valence-electron chi connectivity index (χ0n) is 17.0. The van der Waals surface area contributed by atoms with Gasteiger partial charge in [-0.2, -0.15) is 0 Å². The Balaban J connectivity index is 1.57. The van der Waals surface area contributed by atoms with Gasteiger partial charge in [0.15, 0.2) is 5.76 Å². The molecule has 0 saturated carbocycles. The van der Waals surface area contributed by atoms with Gasteiger partial charge in [-0.3, -0.25) is 14.4 Å². The van der Waals surface area contributed by atoms with Crippen LogP contribution in [0.25, 0.3) is 0 Å². The number of furan rings is 1. The second-order valence-electron chi connectivity index (χ2n) is 7.05. The third kappa shape index (κ3) is 5.34. The van der Waals surface area contributed by atoms with E-state index in [0.717, 1.165) is 5.56 Å². The summed E-state index contributed by atoms with van der Waals surface area (Å²) in [7, 11) is 0. The molecule has 0 spiro atoms. The average Bonchev–Trinajstić information content (AvgIpc) is 3.34. The first-order chi connectivity index (χ1) is 15.9. The van der Waals surface area contributed by atoms with Crippen molar-refractivity contribution in [3.63, 3.8) is 0 Å². The molecule has 0 fully saturated rings. The van der Waals surface area contributed by atoms with Crippen LogP contribution >= 0.6 is 23.2 Å². The lowest BCUT2D eigenvalue weighted by atomic mass is 10.2. The molecule has 7 nitrogen and oxygen atoms in total. The first-order valence-electron chi connectivity index (χ1n) is 9.80. The van der Waals surface area contributed by atoms with Gasteiger partial charge in [-0.05, 0) is 48.0 Å². The molecule has 4 aromatic rings. The van der Waals surface area contributed by atoms with Crippen molar-refractivity contribution >= 4 is 46.4 Å². The van der Waals surface area contributed by atoms with Crippen LogP contribution in [-0.2, 0) is 6.54 Å². The van der Waals surface area contributed by atoms with Crippen LogP contribution in [0.2, 0.25) is 10.0 Å². The number of rotatable bonds is 6. The number of amides is 2. The zero-order chi connectivity index (χ0) is 23.4. The number of nitrogens with zero attached hydrogens (tertiary/aromatic N) is 1. The maximum atomic E-state index is 12.9. The van der Waals surface area contributed by atoms with E-state index in [4.69, 9.17) is 27.6 Å². The van der Waals surface area contributed by atoms with E-state index in [1.165, 1.54) is 41.3 Å². The molecule has 2 N–H and O–H groups in total. The van der Waals surface area contributed by atoms with Gasteiger partial charge >= 0.3 is 0 Å². The molecule has 2 heterocycles. The number of benzene rings is 2. The lowest BCUT2D eigenvalue weighted by Gasteiger charge is -2.13. The molecule has 0 aliphatic rings. The quantitative estimate of drug-likeness (QED) is 0.390. The summed E-state index contributed by atoms with van der Waals surface area (Å²) in [5, 5.41) is 6.31. The third-order valence-electron chi connectivity index (χ3n) is 4.77. The average molecular weight is 482 g/mol. The molecule has 0 unspecified atom stereocenters. The Labute approximate surface area is 198 Å². The van der Waals surface area contributed by atoms with E-state index in [9.17, 15) is 14.4 Å². The molecule has 0 saturated heterocycles. The van der Waals surface area contributed by atoms with Crippen LogP contribution < -0.4 is 16.2 Å². The van der Waals surface area contributed by atoms with Gasteiger partial charge in [0.2, 0.25) is 0 Å². The summed E-state index contributed by atoms with van der Waals surface area (Å²) in [4.78, 5) is 37.6. The summed E-state index contributed by atoms with van der Waals surface area (Å²) in [6, 6.07) is 17.7. The SMILES string of the molecule is O=C(Nc1ccc(Cl)cc1NC(=O)c1ccco1)c1ccc(=O)n(Cc2ccccc2Cl)c1. The molecular formula is C24H17Cl2N3O4. The van der Waals surface area contributed by atoms with E-state index >= 15 is 0 Å². The summed E-state index contributed by atoms with van der Waals surface area (Å²) < 4.78 is 6.50. The second kappa shape index (κ2) is 9.77. The number of halogens is 2. The Morgan fingerprint density at radius 3 is 2.42 bits per heavy atom. The summed E-state index contributed by atoms with van der Waals surface area (Å²) in [5.74, 6) is -0.858. The first-order valence-corrected chi connectivity index (χ1v) is 10.6. The maximum absolute atomic E-state index is 12.9. The summed E-state index contributed by atoms with van der Waals surface area (Å²) in [5.41, 5.74) is 1.35. The fraction of sp³-hybridized carbons (Fsp3) is 0.0417. The van der Waals surface area contributed by atoms with Gasteiger partial charge in [-0.15, -0.1) is 0 Å². The molecule has 2 aromatic carbocycles. The molecule has 0 atom stereocenters. The number of hydrogen-bond acceptors (Lipinski definition) is 4. The van der Waals surface area contributed by atoms with Crippen LogP contribution in [0.1, 0.15) is 26.5 Å². The van der Waals surface area contributed by atoms with Crippen molar-refractivity contribution in [1.82, 2.24) is 4.57 Å². The second-order valence-corrected chi connectivity index (χ2v) is 7.89. The number of aromatic nitrogens is 1. The Bertz CT molecular complexity index is 1380. The standard InChI is InChI=1S/C24H17Cl2N3O4/c25-17-8-9-19(20(12-17)28-24(32)21-6-3-11-33-21)27-23(31)16-7-10-22(30)29(14-16)13-15-4-1-2-5-18(15)26/h1-12,14H,13H2,(H,27,31)(H,28,32). The summed E-state index contributed by atoms with van der Waals surface area (Å²) in [6.07, 6.45) is 2.84. The van der Waals surface area contributed by atoms with Crippen LogP contribution in [0, 0.1) is 0 Å². The third-order valence-corrected chi connectivity index (χ3v) is 5.37.